The Kier molecular flexibility index (Phi) is 3.51. The first-order valence-electron chi connectivity index (χ1n) is 6.44. The van der Waals surface area contributed by atoms with Gasteiger partial charge in [-0.25, -0.2) is 0 Å². The summed E-state index contributed by atoms with van der Waals surface area (Å²) in [5, 5.41) is 0. The number of ether oxygens (including phenoxy) is 1. The lowest BCUT2D eigenvalue weighted by Gasteiger charge is -2.15. The molecule has 1 aromatic carbocycles. The fourth-order valence-electron chi connectivity index (χ4n) is 2.69. The second kappa shape index (κ2) is 4.91. The van der Waals surface area contributed by atoms with Crippen molar-refractivity contribution >= 4 is 5.97 Å². The van der Waals surface area contributed by atoms with E-state index in [9.17, 15) is 4.79 Å². The first-order valence-corrected chi connectivity index (χ1v) is 6.44. The molecule has 0 heterocycles. The van der Waals surface area contributed by atoms with Gasteiger partial charge >= 0.3 is 5.97 Å². The summed E-state index contributed by atoms with van der Waals surface area (Å²) in [5.41, 5.74) is 1.00. The van der Waals surface area contributed by atoms with Crippen molar-refractivity contribution in [2.24, 2.45) is 11.3 Å². The summed E-state index contributed by atoms with van der Waals surface area (Å²) in [4.78, 5) is 12.1. The number of esters is 1. The SMILES string of the molecule is CCOC(=O)[C@]1(Cc2ccccc2)C[C@H]1CC. The molecule has 0 spiro atoms. The Bertz CT molecular complexity index is 385. The molecule has 2 rings (SSSR count). The van der Waals surface area contributed by atoms with E-state index < -0.39 is 0 Å². The van der Waals surface area contributed by atoms with Crippen molar-refractivity contribution in [1.29, 1.82) is 0 Å². The lowest BCUT2D eigenvalue weighted by atomic mass is 9.93. The average molecular weight is 232 g/mol. The molecule has 0 unspecified atom stereocenters. The number of carbonyl (C=O) groups is 1. The molecule has 0 aliphatic heterocycles. The highest BCUT2D eigenvalue weighted by Gasteiger charge is 2.59. The smallest absolute Gasteiger partial charge is 0.312 e. The molecule has 17 heavy (non-hydrogen) atoms. The van der Waals surface area contributed by atoms with Crippen molar-refractivity contribution in [1.82, 2.24) is 0 Å². The fourth-order valence-corrected chi connectivity index (χ4v) is 2.69. The van der Waals surface area contributed by atoms with Crippen LogP contribution in [0, 0.1) is 11.3 Å². The quantitative estimate of drug-likeness (QED) is 0.729. The van der Waals surface area contributed by atoms with Crippen LogP contribution in [0.2, 0.25) is 0 Å². The van der Waals surface area contributed by atoms with Gasteiger partial charge in [0.1, 0.15) is 0 Å². The number of carbonyl (C=O) groups excluding carboxylic acids is 1. The molecule has 1 fully saturated rings. The van der Waals surface area contributed by atoms with E-state index >= 15 is 0 Å². The highest BCUT2D eigenvalue weighted by molar-refractivity contribution is 5.81. The third kappa shape index (κ3) is 2.36. The summed E-state index contributed by atoms with van der Waals surface area (Å²) in [6, 6.07) is 10.2. The Morgan fingerprint density at radius 3 is 2.59 bits per heavy atom. The molecule has 1 aromatic rings. The molecular formula is C15H20O2. The predicted octanol–water partition coefficient (Wildman–Crippen LogP) is 3.21. The molecule has 0 amide bonds. The molecular weight excluding hydrogens is 212 g/mol. The van der Waals surface area contributed by atoms with Gasteiger partial charge in [-0.2, -0.15) is 0 Å². The van der Waals surface area contributed by atoms with Crippen molar-refractivity contribution in [2.45, 2.75) is 33.1 Å². The van der Waals surface area contributed by atoms with E-state index in [4.69, 9.17) is 4.74 Å². The van der Waals surface area contributed by atoms with Crippen molar-refractivity contribution in [3.05, 3.63) is 35.9 Å². The first-order chi connectivity index (χ1) is 8.23. The van der Waals surface area contributed by atoms with Crippen LogP contribution in [0.3, 0.4) is 0 Å². The van der Waals surface area contributed by atoms with Crippen molar-refractivity contribution in [3.63, 3.8) is 0 Å². The van der Waals surface area contributed by atoms with Crippen LogP contribution in [0.15, 0.2) is 30.3 Å². The maximum atomic E-state index is 12.1. The zero-order valence-corrected chi connectivity index (χ0v) is 10.6. The molecule has 0 aromatic heterocycles. The fraction of sp³-hybridized carbons (Fsp3) is 0.533. The Morgan fingerprint density at radius 1 is 1.35 bits per heavy atom. The Hall–Kier alpha value is -1.31. The minimum atomic E-state index is -0.230. The Morgan fingerprint density at radius 2 is 2.06 bits per heavy atom. The minimum Gasteiger partial charge on any atom is -0.466 e. The van der Waals surface area contributed by atoms with E-state index in [1.807, 2.05) is 25.1 Å². The summed E-state index contributed by atoms with van der Waals surface area (Å²) in [7, 11) is 0. The third-order valence-electron chi connectivity index (χ3n) is 3.77. The number of benzene rings is 1. The molecule has 1 aliphatic rings. The Labute approximate surface area is 103 Å². The van der Waals surface area contributed by atoms with Crippen LogP contribution in [-0.4, -0.2) is 12.6 Å². The first kappa shape index (κ1) is 12.2. The molecule has 92 valence electrons. The van der Waals surface area contributed by atoms with Gasteiger partial charge in [0.15, 0.2) is 0 Å². The zero-order valence-electron chi connectivity index (χ0n) is 10.6. The molecule has 1 aliphatic carbocycles. The van der Waals surface area contributed by atoms with Crippen LogP contribution >= 0.6 is 0 Å². The van der Waals surface area contributed by atoms with Gasteiger partial charge < -0.3 is 4.74 Å². The van der Waals surface area contributed by atoms with Gasteiger partial charge in [-0.05, 0) is 31.2 Å². The summed E-state index contributed by atoms with van der Waals surface area (Å²) < 4.78 is 5.23. The Balaban J connectivity index is 2.11. The van der Waals surface area contributed by atoms with Crippen LogP contribution < -0.4 is 0 Å². The van der Waals surface area contributed by atoms with Crippen molar-refractivity contribution in [2.75, 3.05) is 6.61 Å². The van der Waals surface area contributed by atoms with Gasteiger partial charge in [-0.3, -0.25) is 4.79 Å². The molecule has 0 bridgehead atoms. The monoisotopic (exact) mass is 232 g/mol. The van der Waals surface area contributed by atoms with E-state index in [2.05, 4.69) is 19.1 Å². The molecule has 0 radical (unpaired) electrons. The van der Waals surface area contributed by atoms with Gasteiger partial charge in [0, 0.05) is 0 Å². The van der Waals surface area contributed by atoms with E-state index in [1.165, 1.54) is 5.56 Å². The molecule has 2 nitrogen and oxygen atoms in total. The normalized spacial score (nSPS) is 26.6. The molecule has 2 heteroatoms. The minimum absolute atomic E-state index is 0.00398. The van der Waals surface area contributed by atoms with E-state index in [0.29, 0.717) is 12.5 Å². The van der Waals surface area contributed by atoms with Crippen LogP contribution in [0.25, 0.3) is 0 Å². The second-order valence-electron chi connectivity index (χ2n) is 4.85. The van der Waals surface area contributed by atoms with Gasteiger partial charge in [0.25, 0.3) is 0 Å². The summed E-state index contributed by atoms with van der Waals surface area (Å²) in [5.74, 6) is 0.498. The molecule has 0 saturated heterocycles. The maximum absolute atomic E-state index is 12.1. The molecule has 0 N–H and O–H groups in total. The van der Waals surface area contributed by atoms with Crippen LogP contribution in [-0.2, 0) is 16.0 Å². The van der Waals surface area contributed by atoms with Crippen LogP contribution in [0.1, 0.15) is 32.3 Å². The summed E-state index contributed by atoms with van der Waals surface area (Å²) >= 11 is 0. The lowest BCUT2D eigenvalue weighted by Crippen LogP contribution is -2.23. The van der Waals surface area contributed by atoms with Gasteiger partial charge in [0.05, 0.1) is 12.0 Å². The number of hydrogen-bond acceptors (Lipinski definition) is 2. The second-order valence-corrected chi connectivity index (χ2v) is 4.85. The summed E-state index contributed by atoms with van der Waals surface area (Å²) in [6.45, 7) is 4.50. The van der Waals surface area contributed by atoms with Crippen LogP contribution in [0.5, 0.6) is 0 Å². The van der Waals surface area contributed by atoms with Gasteiger partial charge in [-0.1, -0.05) is 43.7 Å². The van der Waals surface area contributed by atoms with E-state index in [-0.39, 0.29) is 11.4 Å². The lowest BCUT2D eigenvalue weighted by molar-refractivity contribution is -0.150. The summed E-state index contributed by atoms with van der Waals surface area (Å²) in [6.07, 6.45) is 2.87. The highest BCUT2D eigenvalue weighted by Crippen LogP contribution is 2.57. The van der Waals surface area contributed by atoms with Gasteiger partial charge in [0.2, 0.25) is 0 Å². The largest absolute Gasteiger partial charge is 0.466 e. The van der Waals surface area contributed by atoms with Gasteiger partial charge in [-0.15, -0.1) is 0 Å². The molecule has 2 atom stereocenters. The van der Waals surface area contributed by atoms with Crippen LogP contribution in [0.4, 0.5) is 0 Å². The van der Waals surface area contributed by atoms with E-state index in [0.717, 1.165) is 19.3 Å². The number of rotatable bonds is 5. The zero-order chi connectivity index (χ0) is 12.3. The topological polar surface area (TPSA) is 26.3 Å². The standard InChI is InChI=1S/C15H20O2/c1-3-13-11-15(13,14(16)17-4-2)10-12-8-6-5-7-9-12/h5-9,13H,3-4,10-11H2,1-2H3/t13-,15-/m1/s1. The molecule has 1 saturated carbocycles. The number of hydrogen-bond donors (Lipinski definition) is 0. The van der Waals surface area contributed by atoms with Crippen molar-refractivity contribution < 1.29 is 9.53 Å². The maximum Gasteiger partial charge on any atom is 0.312 e. The van der Waals surface area contributed by atoms with E-state index in [1.54, 1.807) is 0 Å². The average Bonchev–Trinajstić information content (AvgIpc) is 3.05. The van der Waals surface area contributed by atoms with Crippen molar-refractivity contribution in [3.8, 4) is 0 Å². The predicted molar refractivity (Wildman–Crippen MR) is 67.6 cm³/mol. The highest BCUT2D eigenvalue weighted by atomic mass is 16.5. The third-order valence-corrected chi connectivity index (χ3v) is 3.77.